The Morgan fingerprint density at radius 3 is 2.58 bits per heavy atom. The molecule has 1 N–H and O–H groups in total. The summed E-state index contributed by atoms with van der Waals surface area (Å²) in [5.41, 5.74) is 0.479. The van der Waals surface area contributed by atoms with Crippen molar-refractivity contribution in [2.45, 2.75) is 13.3 Å². The SMILES string of the molecule is CCN(CC(=O)O)C(=O)Cc1ccc(OC)c(F)c1. The van der Waals surface area contributed by atoms with Crippen LogP contribution in [0.2, 0.25) is 0 Å². The molecule has 0 saturated carbocycles. The Bertz CT molecular complexity index is 476. The number of amides is 1. The van der Waals surface area contributed by atoms with Gasteiger partial charge in [-0.05, 0) is 24.6 Å². The molecule has 0 aliphatic heterocycles. The highest BCUT2D eigenvalue weighted by molar-refractivity contribution is 5.83. The molecule has 0 radical (unpaired) electrons. The topological polar surface area (TPSA) is 66.8 Å². The van der Waals surface area contributed by atoms with E-state index in [4.69, 9.17) is 9.84 Å². The van der Waals surface area contributed by atoms with Crippen molar-refractivity contribution in [1.82, 2.24) is 4.90 Å². The Kier molecular flexibility index (Phi) is 5.29. The van der Waals surface area contributed by atoms with Crippen LogP contribution < -0.4 is 4.74 Å². The third-order valence-corrected chi connectivity index (χ3v) is 2.63. The minimum atomic E-state index is -1.07. The first-order chi connectivity index (χ1) is 8.97. The van der Waals surface area contributed by atoms with Crippen molar-refractivity contribution in [2.75, 3.05) is 20.2 Å². The first-order valence-corrected chi connectivity index (χ1v) is 5.80. The van der Waals surface area contributed by atoms with Gasteiger partial charge < -0.3 is 14.7 Å². The molecule has 0 saturated heterocycles. The van der Waals surface area contributed by atoms with Gasteiger partial charge in [0.1, 0.15) is 6.54 Å². The highest BCUT2D eigenvalue weighted by Gasteiger charge is 2.16. The summed E-state index contributed by atoms with van der Waals surface area (Å²) in [7, 11) is 1.36. The zero-order chi connectivity index (χ0) is 14.4. The number of methoxy groups -OCH3 is 1. The van der Waals surface area contributed by atoms with Crippen molar-refractivity contribution in [2.24, 2.45) is 0 Å². The van der Waals surface area contributed by atoms with Crippen molar-refractivity contribution in [3.63, 3.8) is 0 Å². The fraction of sp³-hybridized carbons (Fsp3) is 0.385. The van der Waals surface area contributed by atoms with E-state index < -0.39 is 11.8 Å². The lowest BCUT2D eigenvalue weighted by atomic mass is 10.1. The molecular weight excluding hydrogens is 253 g/mol. The minimum Gasteiger partial charge on any atom is -0.494 e. The number of hydrogen-bond donors (Lipinski definition) is 1. The first kappa shape index (κ1) is 14.9. The summed E-state index contributed by atoms with van der Waals surface area (Å²) in [6.45, 7) is 1.63. The van der Waals surface area contributed by atoms with Gasteiger partial charge in [-0.3, -0.25) is 9.59 Å². The molecule has 104 valence electrons. The van der Waals surface area contributed by atoms with E-state index >= 15 is 0 Å². The predicted octanol–water partition coefficient (Wildman–Crippen LogP) is 1.31. The van der Waals surface area contributed by atoms with Crippen molar-refractivity contribution in [1.29, 1.82) is 0 Å². The molecule has 0 spiro atoms. The Morgan fingerprint density at radius 1 is 1.42 bits per heavy atom. The smallest absolute Gasteiger partial charge is 0.323 e. The molecule has 1 amide bonds. The maximum Gasteiger partial charge on any atom is 0.323 e. The van der Waals surface area contributed by atoms with Crippen LogP contribution in [-0.2, 0) is 16.0 Å². The number of likely N-dealkylation sites (N-methyl/N-ethyl adjacent to an activating group) is 1. The predicted molar refractivity (Wildman–Crippen MR) is 66.5 cm³/mol. The lowest BCUT2D eigenvalue weighted by molar-refractivity contribution is -0.144. The maximum atomic E-state index is 13.4. The van der Waals surface area contributed by atoms with E-state index in [9.17, 15) is 14.0 Å². The number of carboxylic acids is 1. The molecule has 19 heavy (non-hydrogen) atoms. The summed E-state index contributed by atoms with van der Waals surface area (Å²) in [5, 5.41) is 8.67. The fourth-order valence-corrected chi connectivity index (χ4v) is 1.65. The van der Waals surface area contributed by atoms with E-state index in [2.05, 4.69) is 0 Å². The van der Waals surface area contributed by atoms with E-state index in [1.165, 1.54) is 24.1 Å². The molecule has 1 aromatic carbocycles. The molecule has 0 atom stereocenters. The average molecular weight is 269 g/mol. The second-order valence-corrected chi connectivity index (χ2v) is 3.95. The Hall–Kier alpha value is -2.11. The molecule has 6 heteroatoms. The lowest BCUT2D eigenvalue weighted by Gasteiger charge is -2.18. The van der Waals surface area contributed by atoms with E-state index in [0.717, 1.165) is 0 Å². The number of halogens is 1. The number of carbonyl (C=O) groups is 2. The lowest BCUT2D eigenvalue weighted by Crippen LogP contribution is -2.36. The average Bonchev–Trinajstić information content (AvgIpc) is 2.35. The zero-order valence-corrected chi connectivity index (χ0v) is 10.9. The number of hydrogen-bond acceptors (Lipinski definition) is 3. The van der Waals surface area contributed by atoms with Crippen molar-refractivity contribution < 1.29 is 23.8 Å². The number of rotatable bonds is 6. The van der Waals surface area contributed by atoms with Crippen LogP contribution in [0.15, 0.2) is 18.2 Å². The number of ether oxygens (including phenoxy) is 1. The Labute approximate surface area is 110 Å². The third kappa shape index (κ3) is 4.24. The molecule has 0 unspecified atom stereocenters. The highest BCUT2D eigenvalue weighted by atomic mass is 19.1. The quantitative estimate of drug-likeness (QED) is 0.845. The van der Waals surface area contributed by atoms with E-state index in [0.29, 0.717) is 12.1 Å². The maximum absolute atomic E-state index is 13.4. The third-order valence-electron chi connectivity index (χ3n) is 2.63. The normalized spacial score (nSPS) is 10.1. The summed E-state index contributed by atoms with van der Waals surface area (Å²) in [6, 6.07) is 4.23. The summed E-state index contributed by atoms with van der Waals surface area (Å²) in [4.78, 5) is 23.6. The van der Waals surface area contributed by atoms with Crippen LogP contribution >= 0.6 is 0 Å². The molecule has 1 rings (SSSR count). The standard InChI is InChI=1S/C13H16FNO4/c1-3-15(8-13(17)18)12(16)7-9-4-5-11(19-2)10(14)6-9/h4-6H,3,7-8H2,1-2H3,(H,17,18). The molecule has 1 aromatic rings. The number of carboxylic acid groups (broad SMARTS) is 1. The largest absolute Gasteiger partial charge is 0.494 e. The van der Waals surface area contributed by atoms with Crippen LogP contribution in [0.3, 0.4) is 0 Å². The van der Waals surface area contributed by atoms with Crippen LogP contribution in [0.25, 0.3) is 0 Å². The summed E-state index contributed by atoms with van der Waals surface area (Å²) >= 11 is 0. The van der Waals surface area contributed by atoms with Crippen LogP contribution in [0.5, 0.6) is 5.75 Å². The molecule has 0 heterocycles. The molecular formula is C13H16FNO4. The van der Waals surface area contributed by atoms with Gasteiger partial charge in [-0.25, -0.2) is 4.39 Å². The molecule has 0 aliphatic rings. The Morgan fingerprint density at radius 2 is 2.11 bits per heavy atom. The van der Waals surface area contributed by atoms with Gasteiger partial charge in [-0.1, -0.05) is 6.07 Å². The number of benzene rings is 1. The molecule has 5 nitrogen and oxygen atoms in total. The van der Waals surface area contributed by atoms with Crippen LogP contribution in [-0.4, -0.2) is 42.1 Å². The minimum absolute atomic E-state index is 0.0396. The van der Waals surface area contributed by atoms with Crippen molar-refractivity contribution >= 4 is 11.9 Å². The van der Waals surface area contributed by atoms with Crippen LogP contribution in [0, 0.1) is 5.82 Å². The molecule has 0 aliphatic carbocycles. The van der Waals surface area contributed by atoms with E-state index in [1.807, 2.05) is 0 Å². The summed E-state index contributed by atoms with van der Waals surface area (Å²) in [5.74, 6) is -1.87. The Balaban J connectivity index is 2.75. The number of carbonyl (C=O) groups excluding carboxylic acids is 1. The second-order valence-electron chi connectivity index (χ2n) is 3.95. The van der Waals surface area contributed by atoms with Crippen molar-refractivity contribution in [3.8, 4) is 5.75 Å². The molecule has 0 fully saturated rings. The zero-order valence-electron chi connectivity index (χ0n) is 10.9. The first-order valence-electron chi connectivity index (χ1n) is 5.80. The van der Waals surface area contributed by atoms with Gasteiger partial charge in [0.05, 0.1) is 13.5 Å². The van der Waals surface area contributed by atoms with Crippen LogP contribution in [0.1, 0.15) is 12.5 Å². The van der Waals surface area contributed by atoms with Gasteiger partial charge in [0, 0.05) is 6.54 Å². The van der Waals surface area contributed by atoms with Gasteiger partial charge in [-0.15, -0.1) is 0 Å². The second kappa shape index (κ2) is 6.72. The van der Waals surface area contributed by atoms with Crippen molar-refractivity contribution in [3.05, 3.63) is 29.6 Å². The molecule has 0 bridgehead atoms. The monoisotopic (exact) mass is 269 g/mol. The van der Waals surface area contributed by atoms with Gasteiger partial charge in [0.2, 0.25) is 5.91 Å². The summed E-state index contributed by atoms with van der Waals surface area (Å²) < 4.78 is 18.2. The number of nitrogens with zero attached hydrogens (tertiary/aromatic N) is 1. The van der Waals surface area contributed by atoms with E-state index in [-0.39, 0.29) is 24.6 Å². The molecule has 0 aromatic heterocycles. The van der Waals surface area contributed by atoms with Gasteiger partial charge in [0.15, 0.2) is 11.6 Å². The highest BCUT2D eigenvalue weighted by Crippen LogP contribution is 2.18. The van der Waals surface area contributed by atoms with Crippen LogP contribution in [0.4, 0.5) is 4.39 Å². The van der Waals surface area contributed by atoms with Gasteiger partial charge >= 0.3 is 5.97 Å². The van der Waals surface area contributed by atoms with Gasteiger partial charge in [-0.2, -0.15) is 0 Å². The number of aliphatic carboxylic acids is 1. The van der Waals surface area contributed by atoms with E-state index in [1.54, 1.807) is 13.0 Å². The summed E-state index contributed by atoms with van der Waals surface area (Å²) in [6.07, 6.45) is -0.0396. The fourth-order valence-electron chi connectivity index (χ4n) is 1.65. The van der Waals surface area contributed by atoms with Gasteiger partial charge in [0.25, 0.3) is 0 Å².